The Labute approximate surface area is 197 Å². The molecule has 33 heavy (non-hydrogen) atoms. The van der Waals surface area contributed by atoms with Crippen molar-refractivity contribution in [1.82, 2.24) is 0 Å². The number of ether oxygens (including phenoxy) is 2. The van der Waals surface area contributed by atoms with Gasteiger partial charge in [-0.25, -0.2) is 0 Å². The number of esters is 1. The number of allylic oxidation sites excluding steroid dienone is 1. The fourth-order valence-electron chi connectivity index (χ4n) is 4.10. The molecule has 4 rings (SSSR count). The molecule has 1 aliphatic heterocycles. The minimum absolute atomic E-state index is 0.167. The molecule has 0 aliphatic carbocycles. The van der Waals surface area contributed by atoms with E-state index in [9.17, 15) is 9.59 Å². The highest BCUT2D eigenvalue weighted by Gasteiger charge is 2.56. The van der Waals surface area contributed by atoms with Gasteiger partial charge in [0.2, 0.25) is 0 Å². The summed E-state index contributed by atoms with van der Waals surface area (Å²) in [6, 6.07) is 24.7. The van der Waals surface area contributed by atoms with Crippen molar-refractivity contribution in [3.63, 3.8) is 0 Å². The fourth-order valence-corrected chi connectivity index (χ4v) is 5.59. The van der Waals surface area contributed by atoms with Crippen LogP contribution in [0.3, 0.4) is 0 Å². The van der Waals surface area contributed by atoms with Crippen LogP contribution in [-0.4, -0.2) is 26.0 Å². The number of Topliss-reactive ketones (excluding diaryl/α,β-unsaturated/α-hetero) is 1. The molecule has 0 spiro atoms. The normalized spacial score (nSPS) is 19.1. The number of ketones is 1. The molecule has 3 aromatic carbocycles. The Morgan fingerprint density at radius 3 is 2.55 bits per heavy atom. The number of hydrogen-bond acceptors (Lipinski definition) is 5. The number of benzene rings is 3. The quantitative estimate of drug-likeness (QED) is 0.253. The van der Waals surface area contributed by atoms with Crippen molar-refractivity contribution < 1.29 is 19.1 Å². The van der Waals surface area contributed by atoms with Crippen LogP contribution < -0.4 is 4.74 Å². The van der Waals surface area contributed by atoms with Crippen molar-refractivity contribution in [1.29, 1.82) is 0 Å². The van der Waals surface area contributed by atoms with E-state index in [1.54, 1.807) is 25.3 Å². The zero-order chi connectivity index (χ0) is 23.3. The molecule has 2 unspecified atom stereocenters. The molecule has 5 heteroatoms. The molecule has 4 nitrogen and oxygen atoms in total. The number of carbonyl (C=O) groups excluding carboxylic acids is 2. The van der Waals surface area contributed by atoms with Crippen LogP contribution in [0.5, 0.6) is 5.75 Å². The van der Waals surface area contributed by atoms with E-state index < -0.39 is 16.6 Å². The number of methoxy groups -OCH3 is 2. The van der Waals surface area contributed by atoms with Gasteiger partial charge in [0.1, 0.15) is 5.75 Å². The lowest BCUT2D eigenvalue weighted by Crippen LogP contribution is -2.46. The van der Waals surface area contributed by atoms with E-state index in [-0.39, 0.29) is 12.2 Å². The largest absolute Gasteiger partial charge is 0.497 e. The van der Waals surface area contributed by atoms with E-state index in [1.807, 2.05) is 72.8 Å². The van der Waals surface area contributed by atoms with Gasteiger partial charge in [-0.15, -0.1) is 17.5 Å². The summed E-state index contributed by atoms with van der Waals surface area (Å²) in [6.07, 6.45) is 3.72. The molecule has 3 aromatic rings. The Morgan fingerprint density at radius 2 is 1.79 bits per heavy atom. The second-order valence-corrected chi connectivity index (χ2v) is 8.84. The number of carbonyl (C=O) groups is 2. The maximum atomic E-state index is 13.9. The molecule has 1 heterocycles. The first-order valence-corrected chi connectivity index (χ1v) is 11.5. The Balaban J connectivity index is 1.79. The van der Waals surface area contributed by atoms with Crippen LogP contribution >= 0.6 is 11.8 Å². The van der Waals surface area contributed by atoms with Gasteiger partial charge in [0.05, 0.1) is 19.5 Å². The standard InChI is InChI=1S/C28H24O4S/c1-31-22-15-10-12-20(19-22)11-8-9-18-28(27(30)32-2)25(29)23-16-6-7-17-24(23)33-26(28)21-13-4-3-5-14-21/h3-7,9-17,19,26H,18H2,1-2H3. The Morgan fingerprint density at radius 1 is 1.03 bits per heavy atom. The topological polar surface area (TPSA) is 52.6 Å². The van der Waals surface area contributed by atoms with Gasteiger partial charge < -0.3 is 9.47 Å². The van der Waals surface area contributed by atoms with Gasteiger partial charge in [0.15, 0.2) is 11.2 Å². The summed E-state index contributed by atoms with van der Waals surface area (Å²) < 4.78 is 10.5. The van der Waals surface area contributed by atoms with Gasteiger partial charge in [-0.2, -0.15) is 0 Å². The number of rotatable bonds is 6. The van der Waals surface area contributed by atoms with Crippen molar-refractivity contribution in [2.24, 2.45) is 5.41 Å². The molecule has 0 bridgehead atoms. The number of thioether (sulfide) groups is 1. The lowest BCUT2D eigenvalue weighted by atomic mass is 9.72. The molecular weight excluding hydrogens is 432 g/mol. The van der Waals surface area contributed by atoms with Crippen molar-refractivity contribution in [3.05, 3.63) is 107 Å². The highest BCUT2D eigenvalue weighted by molar-refractivity contribution is 7.99. The van der Waals surface area contributed by atoms with E-state index in [4.69, 9.17) is 9.47 Å². The highest BCUT2D eigenvalue weighted by Crippen LogP contribution is 2.56. The first kappa shape index (κ1) is 22.7. The van der Waals surface area contributed by atoms with E-state index in [2.05, 4.69) is 5.73 Å². The summed E-state index contributed by atoms with van der Waals surface area (Å²) in [5.74, 6) is -0.0176. The Hall–Kier alpha value is -3.53. The van der Waals surface area contributed by atoms with Gasteiger partial charge in [-0.3, -0.25) is 9.59 Å². The van der Waals surface area contributed by atoms with Crippen LogP contribution in [-0.2, 0) is 9.53 Å². The van der Waals surface area contributed by atoms with Crippen LogP contribution in [0.15, 0.2) is 95.6 Å². The molecular formula is C28H24O4S. The third-order valence-corrected chi connectivity index (χ3v) is 7.29. The van der Waals surface area contributed by atoms with Gasteiger partial charge >= 0.3 is 5.97 Å². The van der Waals surface area contributed by atoms with Gasteiger partial charge in [0.25, 0.3) is 0 Å². The van der Waals surface area contributed by atoms with Crippen LogP contribution in [0.2, 0.25) is 0 Å². The summed E-state index contributed by atoms with van der Waals surface area (Å²) in [5, 5.41) is -0.427. The minimum Gasteiger partial charge on any atom is -0.497 e. The average Bonchev–Trinajstić information content (AvgIpc) is 2.87. The second kappa shape index (κ2) is 9.95. The third-order valence-electron chi connectivity index (χ3n) is 5.77. The molecule has 0 N–H and O–H groups in total. The molecule has 1 aliphatic rings. The maximum Gasteiger partial charge on any atom is 0.321 e. The summed E-state index contributed by atoms with van der Waals surface area (Å²) in [4.78, 5) is 28.1. The van der Waals surface area contributed by atoms with Gasteiger partial charge in [0, 0.05) is 10.5 Å². The Bertz CT molecular complexity index is 1230. The summed E-state index contributed by atoms with van der Waals surface area (Å²) in [6.45, 7) is 0. The predicted molar refractivity (Wildman–Crippen MR) is 130 cm³/mol. The Kier molecular flexibility index (Phi) is 6.83. The molecule has 0 saturated carbocycles. The van der Waals surface area contributed by atoms with Crippen molar-refractivity contribution in [2.45, 2.75) is 16.6 Å². The van der Waals surface area contributed by atoms with E-state index >= 15 is 0 Å². The van der Waals surface area contributed by atoms with Crippen LogP contribution in [0.25, 0.3) is 6.08 Å². The molecule has 0 aromatic heterocycles. The third kappa shape index (κ3) is 4.38. The summed E-state index contributed by atoms with van der Waals surface area (Å²) in [5.41, 5.74) is 4.11. The monoisotopic (exact) mass is 456 g/mol. The molecule has 0 amide bonds. The number of hydrogen-bond donors (Lipinski definition) is 0. The van der Waals surface area contributed by atoms with Gasteiger partial charge in [-0.1, -0.05) is 60.7 Å². The van der Waals surface area contributed by atoms with E-state index in [1.165, 1.54) is 18.9 Å². The van der Waals surface area contributed by atoms with Crippen molar-refractivity contribution in [2.75, 3.05) is 14.2 Å². The number of fused-ring (bicyclic) bond motifs is 1. The molecule has 0 fully saturated rings. The maximum absolute atomic E-state index is 13.9. The van der Waals surface area contributed by atoms with E-state index in [0.717, 1.165) is 21.8 Å². The lowest BCUT2D eigenvalue weighted by molar-refractivity contribution is -0.149. The zero-order valence-electron chi connectivity index (χ0n) is 18.5. The molecule has 2 atom stereocenters. The highest BCUT2D eigenvalue weighted by atomic mass is 32.2. The minimum atomic E-state index is -1.40. The van der Waals surface area contributed by atoms with Crippen molar-refractivity contribution >= 4 is 29.6 Å². The molecule has 0 radical (unpaired) electrons. The predicted octanol–water partition coefficient (Wildman–Crippen LogP) is 6.14. The summed E-state index contributed by atoms with van der Waals surface area (Å²) >= 11 is 1.53. The average molecular weight is 457 g/mol. The molecule has 166 valence electrons. The van der Waals surface area contributed by atoms with Gasteiger partial charge in [-0.05, 0) is 47.9 Å². The second-order valence-electron chi connectivity index (χ2n) is 7.69. The molecule has 0 saturated heterocycles. The fraction of sp³-hybridized carbons (Fsp3) is 0.179. The first-order chi connectivity index (χ1) is 16.1. The van der Waals surface area contributed by atoms with E-state index in [0.29, 0.717) is 5.56 Å². The SMILES string of the molecule is COC(=O)C1(CC=C=Cc2cccc(OC)c2)C(=O)c2ccccc2SC1c1ccccc1. The lowest BCUT2D eigenvalue weighted by Gasteiger charge is -2.40. The first-order valence-electron chi connectivity index (χ1n) is 10.6. The smallest absolute Gasteiger partial charge is 0.321 e. The van der Waals surface area contributed by atoms with Crippen LogP contribution in [0.4, 0.5) is 0 Å². The van der Waals surface area contributed by atoms with Crippen molar-refractivity contribution in [3.8, 4) is 5.75 Å². The van der Waals surface area contributed by atoms with Crippen LogP contribution in [0, 0.1) is 5.41 Å². The summed E-state index contributed by atoms with van der Waals surface area (Å²) in [7, 11) is 2.95. The zero-order valence-corrected chi connectivity index (χ0v) is 19.3. The van der Waals surface area contributed by atoms with Crippen LogP contribution in [0.1, 0.15) is 33.2 Å².